The molecule has 1 atom stereocenters. The number of carboxylic acid groups (broad SMARTS) is 1. The van der Waals surface area contributed by atoms with Crippen LogP contribution >= 0.6 is 15.9 Å². The fourth-order valence-corrected chi connectivity index (χ4v) is 2.00. The van der Waals surface area contributed by atoms with Crippen molar-refractivity contribution >= 4 is 27.6 Å². The number of hydrogen-bond acceptors (Lipinski definition) is 3. The molecule has 4 nitrogen and oxygen atoms in total. The zero-order valence-corrected chi connectivity index (χ0v) is 11.5. The van der Waals surface area contributed by atoms with Crippen LogP contribution in [0.2, 0.25) is 0 Å². The van der Waals surface area contributed by atoms with Gasteiger partial charge in [0.15, 0.2) is 0 Å². The van der Waals surface area contributed by atoms with Crippen LogP contribution in [0.5, 0.6) is 0 Å². The van der Waals surface area contributed by atoms with Gasteiger partial charge in [-0.15, -0.1) is 0 Å². The van der Waals surface area contributed by atoms with Crippen LogP contribution in [0.4, 0.5) is 5.69 Å². The summed E-state index contributed by atoms with van der Waals surface area (Å²) in [5, 5.41) is 12.3. The number of ether oxygens (including phenoxy) is 1. The Morgan fingerprint density at radius 3 is 2.88 bits per heavy atom. The quantitative estimate of drug-likeness (QED) is 0.848. The molecule has 0 aliphatic carbocycles. The van der Waals surface area contributed by atoms with Crippen molar-refractivity contribution < 1.29 is 14.6 Å². The topological polar surface area (TPSA) is 58.6 Å². The van der Waals surface area contributed by atoms with E-state index in [4.69, 9.17) is 9.84 Å². The Hall–Kier alpha value is -1.07. The SMILES string of the molecule is CCOCC(C)Nc1cccc(Br)c1C(=O)O. The van der Waals surface area contributed by atoms with Gasteiger partial charge in [-0.3, -0.25) is 0 Å². The van der Waals surface area contributed by atoms with Gasteiger partial charge in [-0.1, -0.05) is 6.07 Å². The Kier molecular flexibility index (Phi) is 5.44. The van der Waals surface area contributed by atoms with E-state index in [1.54, 1.807) is 18.2 Å². The number of aromatic carboxylic acids is 1. The molecule has 0 amide bonds. The molecule has 1 aromatic rings. The molecule has 0 radical (unpaired) electrons. The van der Waals surface area contributed by atoms with Crippen LogP contribution in [0.1, 0.15) is 24.2 Å². The highest BCUT2D eigenvalue weighted by atomic mass is 79.9. The number of benzene rings is 1. The molecule has 5 heteroatoms. The Morgan fingerprint density at radius 1 is 1.59 bits per heavy atom. The molecule has 0 heterocycles. The number of rotatable bonds is 6. The maximum absolute atomic E-state index is 11.1. The van der Waals surface area contributed by atoms with E-state index in [0.717, 1.165) is 0 Å². The van der Waals surface area contributed by atoms with Crippen molar-refractivity contribution in [2.24, 2.45) is 0 Å². The standard InChI is InChI=1S/C12H16BrNO3/c1-3-17-7-8(2)14-10-6-4-5-9(13)11(10)12(15)16/h4-6,8,14H,3,7H2,1-2H3,(H,15,16). The molecule has 0 saturated heterocycles. The minimum absolute atomic E-state index is 0.0577. The number of halogens is 1. The molecule has 0 spiro atoms. The van der Waals surface area contributed by atoms with Gasteiger partial charge in [-0.2, -0.15) is 0 Å². The van der Waals surface area contributed by atoms with Gasteiger partial charge in [0.1, 0.15) is 0 Å². The largest absolute Gasteiger partial charge is 0.478 e. The lowest BCUT2D eigenvalue weighted by molar-refractivity contribution is 0.0696. The minimum Gasteiger partial charge on any atom is -0.478 e. The molecule has 1 unspecified atom stereocenters. The van der Waals surface area contributed by atoms with Gasteiger partial charge in [0, 0.05) is 17.1 Å². The van der Waals surface area contributed by atoms with Crippen LogP contribution in [0, 0.1) is 0 Å². The second kappa shape index (κ2) is 6.61. The third kappa shape index (κ3) is 4.02. The lowest BCUT2D eigenvalue weighted by Crippen LogP contribution is -2.23. The van der Waals surface area contributed by atoms with E-state index in [2.05, 4.69) is 21.2 Å². The fourth-order valence-electron chi connectivity index (χ4n) is 1.46. The van der Waals surface area contributed by atoms with Crippen LogP contribution in [-0.2, 0) is 4.74 Å². The molecule has 0 aromatic heterocycles. The molecule has 0 bridgehead atoms. The van der Waals surface area contributed by atoms with E-state index in [-0.39, 0.29) is 11.6 Å². The van der Waals surface area contributed by atoms with Gasteiger partial charge >= 0.3 is 5.97 Å². The predicted molar refractivity (Wildman–Crippen MR) is 70.7 cm³/mol. The predicted octanol–water partition coefficient (Wildman–Crippen LogP) is 2.98. The van der Waals surface area contributed by atoms with Crippen molar-refractivity contribution in [2.75, 3.05) is 18.5 Å². The third-order valence-corrected chi connectivity index (χ3v) is 2.86. The van der Waals surface area contributed by atoms with Crippen molar-refractivity contribution in [3.63, 3.8) is 0 Å². The van der Waals surface area contributed by atoms with Gasteiger partial charge in [0.05, 0.1) is 17.9 Å². The summed E-state index contributed by atoms with van der Waals surface area (Å²) in [6.45, 7) is 5.06. The summed E-state index contributed by atoms with van der Waals surface area (Å²) in [6.07, 6.45) is 0. The lowest BCUT2D eigenvalue weighted by Gasteiger charge is -2.17. The van der Waals surface area contributed by atoms with Gasteiger partial charge in [-0.25, -0.2) is 4.79 Å². The van der Waals surface area contributed by atoms with Crippen molar-refractivity contribution in [2.45, 2.75) is 19.9 Å². The van der Waals surface area contributed by atoms with Crippen LogP contribution in [0.3, 0.4) is 0 Å². The Balaban J connectivity index is 2.83. The average molecular weight is 302 g/mol. The molecule has 0 saturated carbocycles. The average Bonchev–Trinajstić information content (AvgIpc) is 2.25. The number of carbonyl (C=O) groups is 1. The first-order valence-electron chi connectivity index (χ1n) is 5.42. The van der Waals surface area contributed by atoms with E-state index >= 15 is 0 Å². The van der Waals surface area contributed by atoms with Crippen molar-refractivity contribution in [3.05, 3.63) is 28.2 Å². The molecule has 1 rings (SSSR count). The molecule has 0 fully saturated rings. The highest BCUT2D eigenvalue weighted by Crippen LogP contribution is 2.25. The molecule has 0 aliphatic heterocycles. The van der Waals surface area contributed by atoms with Crippen LogP contribution in [0.15, 0.2) is 22.7 Å². The molecule has 17 heavy (non-hydrogen) atoms. The highest BCUT2D eigenvalue weighted by molar-refractivity contribution is 9.10. The smallest absolute Gasteiger partial charge is 0.338 e. The van der Waals surface area contributed by atoms with Crippen LogP contribution in [-0.4, -0.2) is 30.3 Å². The van der Waals surface area contributed by atoms with Gasteiger partial charge in [0.2, 0.25) is 0 Å². The summed E-state index contributed by atoms with van der Waals surface area (Å²) < 4.78 is 5.84. The van der Waals surface area contributed by atoms with Gasteiger partial charge in [0.25, 0.3) is 0 Å². The van der Waals surface area contributed by atoms with Crippen molar-refractivity contribution in [1.82, 2.24) is 0 Å². The molecule has 1 aromatic carbocycles. The highest BCUT2D eigenvalue weighted by Gasteiger charge is 2.15. The second-order valence-corrected chi connectivity index (χ2v) is 4.53. The Morgan fingerprint density at radius 2 is 2.29 bits per heavy atom. The van der Waals surface area contributed by atoms with Gasteiger partial charge < -0.3 is 15.2 Å². The van der Waals surface area contributed by atoms with E-state index in [1.807, 2.05) is 13.8 Å². The van der Waals surface area contributed by atoms with Gasteiger partial charge in [-0.05, 0) is 41.9 Å². The third-order valence-electron chi connectivity index (χ3n) is 2.20. The van der Waals surface area contributed by atoms with Crippen molar-refractivity contribution in [3.8, 4) is 0 Å². The number of anilines is 1. The van der Waals surface area contributed by atoms with E-state index in [0.29, 0.717) is 23.4 Å². The summed E-state index contributed by atoms with van der Waals surface area (Å²) in [4.78, 5) is 11.1. The first-order valence-corrected chi connectivity index (χ1v) is 6.21. The van der Waals surface area contributed by atoms with E-state index in [9.17, 15) is 4.79 Å². The first kappa shape index (κ1) is 14.0. The molecule has 0 aliphatic rings. The zero-order valence-electron chi connectivity index (χ0n) is 9.87. The van der Waals surface area contributed by atoms with Crippen molar-refractivity contribution in [1.29, 1.82) is 0 Å². The minimum atomic E-state index is -0.955. The maximum atomic E-state index is 11.1. The monoisotopic (exact) mass is 301 g/mol. The summed E-state index contributed by atoms with van der Waals surface area (Å²) in [5.74, 6) is -0.955. The number of nitrogens with one attached hydrogen (secondary N) is 1. The Labute approximate surface area is 109 Å². The summed E-state index contributed by atoms with van der Waals surface area (Å²) in [5.41, 5.74) is 0.843. The van der Waals surface area contributed by atoms with E-state index < -0.39 is 5.97 Å². The summed E-state index contributed by atoms with van der Waals surface area (Å²) in [6, 6.07) is 5.31. The fraction of sp³-hybridized carbons (Fsp3) is 0.417. The summed E-state index contributed by atoms with van der Waals surface area (Å²) in [7, 11) is 0. The molecule has 2 N–H and O–H groups in total. The van der Waals surface area contributed by atoms with E-state index in [1.165, 1.54) is 0 Å². The van der Waals surface area contributed by atoms with Crippen LogP contribution in [0.25, 0.3) is 0 Å². The first-order chi connectivity index (χ1) is 8.06. The maximum Gasteiger partial charge on any atom is 0.338 e. The number of carboxylic acids is 1. The molecular weight excluding hydrogens is 286 g/mol. The number of hydrogen-bond donors (Lipinski definition) is 2. The molecular formula is C12H16BrNO3. The zero-order chi connectivity index (χ0) is 12.8. The normalized spacial score (nSPS) is 12.2. The second-order valence-electron chi connectivity index (χ2n) is 3.67. The summed E-state index contributed by atoms with van der Waals surface area (Å²) >= 11 is 3.24. The lowest BCUT2D eigenvalue weighted by atomic mass is 10.1. The van der Waals surface area contributed by atoms with Crippen LogP contribution < -0.4 is 5.32 Å². The Bertz CT molecular complexity index is 395. The molecule has 94 valence electrons.